The van der Waals surface area contributed by atoms with Crippen LogP contribution in [0.4, 0.5) is 0 Å². The summed E-state index contributed by atoms with van der Waals surface area (Å²) in [6.07, 6.45) is 5.37. The van der Waals surface area contributed by atoms with E-state index in [-0.39, 0.29) is 18.5 Å². The second kappa shape index (κ2) is 9.64. The average molecular weight is 421 g/mol. The Morgan fingerprint density at radius 1 is 1.03 bits per heavy atom. The highest BCUT2D eigenvalue weighted by Crippen LogP contribution is 2.28. The molecule has 0 N–H and O–H groups in total. The molecule has 2 aromatic carbocycles. The number of ether oxygens (including phenoxy) is 2. The maximum Gasteiger partial charge on any atom is 0.258 e. The van der Waals surface area contributed by atoms with Gasteiger partial charge < -0.3 is 18.9 Å². The number of hydrogen-bond acceptors (Lipinski definition) is 6. The second-order valence-corrected chi connectivity index (χ2v) is 7.67. The summed E-state index contributed by atoms with van der Waals surface area (Å²) in [5.74, 6) is 2.16. The number of benzene rings is 2. The molecule has 1 amide bonds. The lowest BCUT2D eigenvalue weighted by atomic mass is 9.93. The average Bonchev–Trinajstić information content (AvgIpc) is 3.31. The first kappa shape index (κ1) is 20.9. The van der Waals surface area contributed by atoms with E-state index in [1.54, 1.807) is 26.4 Å². The van der Waals surface area contributed by atoms with Gasteiger partial charge in [-0.15, -0.1) is 0 Å². The fraction of sp³-hybridized carbons (Fsp3) is 0.375. The highest BCUT2D eigenvalue weighted by Gasteiger charge is 2.29. The van der Waals surface area contributed by atoms with Crippen LogP contribution in [0.2, 0.25) is 0 Å². The molecule has 0 unspecified atom stereocenters. The van der Waals surface area contributed by atoms with Crippen LogP contribution in [0.3, 0.4) is 0 Å². The Bertz CT molecular complexity index is 1010. The van der Waals surface area contributed by atoms with Gasteiger partial charge in [0, 0.05) is 11.6 Å². The maximum atomic E-state index is 13.5. The largest absolute Gasteiger partial charge is 0.497 e. The molecular weight excluding hydrogens is 394 g/mol. The molecule has 3 aromatic rings. The molecular formula is C24H27N3O4. The van der Waals surface area contributed by atoms with Crippen molar-refractivity contribution >= 4 is 5.91 Å². The first-order valence-electron chi connectivity index (χ1n) is 10.6. The molecule has 0 radical (unpaired) electrons. The van der Waals surface area contributed by atoms with Crippen molar-refractivity contribution in [2.45, 2.75) is 44.7 Å². The van der Waals surface area contributed by atoms with Crippen molar-refractivity contribution in [2.75, 3.05) is 14.2 Å². The minimum absolute atomic E-state index is 0.0754. The van der Waals surface area contributed by atoms with E-state index in [0.29, 0.717) is 23.0 Å². The molecule has 1 saturated carbocycles. The van der Waals surface area contributed by atoms with Crippen molar-refractivity contribution in [2.24, 2.45) is 0 Å². The van der Waals surface area contributed by atoms with Crippen molar-refractivity contribution in [1.29, 1.82) is 0 Å². The number of amides is 1. The Morgan fingerprint density at radius 3 is 2.48 bits per heavy atom. The van der Waals surface area contributed by atoms with Gasteiger partial charge in [-0.05, 0) is 49.2 Å². The van der Waals surface area contributed by atoms with E-state index in [2.05, 4.69) is 10.1 Å². The molecule has 1 aliphatic carbocycles. The van der Waals surface area contributed by atoms with Crippen LogP contribution in [0.15, 0.2) is 53.1 Å². The van der Waals surface area contributed by atoms with Gasteiger partial charge in [0.05, 0.1) is 19.8 Å². The molecule has 1 fully saturated rings. The Hall–Kier alpha value is -3.35. The van der Waals surface area contributed by atoms with Crippen LogP contribution in [0, 0.1) is 0 Å². The minimum atomic E-state index is -0.0754. The third-order valence-electron chi connectivity index (χ3n) is 5.74. The van der Waals surface area contributed by atoms with Gasteiger partial charge in [-0.3, -0.25) is 4.79 Å². The summed E-state index contributed by atoms with van der Waals surface area (Å²) >= 11 is 0. The Balaban J connectivity index is 1.59. The van der Waals surface area contributed by atoms with E-state index < -0.39 is 0 Å². The molecule has 162 valence electrons. The zero-order chi connectivity index (χ0) is 21.6. The normalized spacial score (nSPS) is 14.3. The summed E-state index contributed by atoms with van der Waals surface area (Å²) in [6.45, 7) is 0.269. The monoisotopic (exact) mass is 421 g/mol. The van der Waals surface area contributed by atoms with E-state index in [9.17, 15) is 4.79 Å². The van der Waals surface area contributed by atoms with Gasteiger partial charge in [0.15, 0.2) is 0 Å². The number of rotatable bonds is 7. The SMILES string of the molecule is COc1ccc(-c2noc(CN(C(=O)c3ccccc3OC)C3CCCCC3)n2)cc1. The van der Waals surface area contributed by atoms with Crippen molar-refractivity contribution in [3.63, 3.8) is 0 Å². The fourth-order valence-corrected chi connectivity index (χ4v) is 4.06. The van der Waals surface area contributed by atoms with E-state index in [0.717, 1.165) is 37.0 Å². The van der Waals surface area contributed by atoms with Crippen LogP contribution in [0.25, 0.3) is 11.4 Å². The number of methoxy groups -OCH3 is 2. The topological polar surface area (TPSA) is 77.7 Å². The number of nitrogens with zero attached hydrogens (tertiary/aromatic N) is 3. The lowest BCUT2D eigenvalue weighted by Gasteiger charge is -2.33. The fourth-order valence-electron chi connectivity index (χ4n) is 4.06. The molecule has 7 heteroatoms. The third kappa shape index (κ3) is 4.71. The van der Waals surface area contributed by atoms with Crippen LogP contribution >= 0.6 is 0 Å². The first-order chi connectivity index (χ1) is 15.2. The van der Waals surface area contributed by atoms with Crippen LogP contribution in [-0.4, -0.2) is 41.2 Å². The molecule has 1 aliphatic rings. The van der Waals surface area contributed by atoms with Gasteiger partial charge in [-0.25, -0.2) is 0 Å². The maximum absolute atomic E-state index is 13.5. The molecule has 1 heterocycles. The predicted molar refractivity (Wildman–Crippen MR) is 116 cm³/mol. The summed E-state index contributed by atoms with van der Waals surface area (Å²) in [6, 6.07) is 14.9. The van der Waals surface area contributed by atoms with Crippen molar-refractivity contribution in [1.82, 2.24) is 15.0 Å². The number of carbonyl (C=O) groups is 1. The van der Waals surface area contributed by atoms with Gasteiger partial charge in [0.2, 0.25) is 11.7 Å². The van der Waals surface area contributed by atoms with Crippen LogP contribution < -0.4 is 9.47 Å². The molecule has 31 heavy (non-hydrogen) atoms. The van der Waals surface area contributed by atoms with Gasteiger partial charge in [0.25, 0.3) is 5.91 Å². The lowest BCUT2D eigenvalue weighted by molar-refractivity contribution is 0.0583. The van der Waals surface area contributed by atoms with Gasteiger partial charge in [-0.1, -0.05) is 36.6 Å². The zero-order valence-electron chi connectivity index (χ0n) is 17.9. The quantitative estimate of drug-likeness (QED) is 0.549. The van der Waals surface area contributed by atoms with Crippen LogP contribution in [0.5, 0.6) is 11.5 Å². The molecule has 4 rings (SSSR count). The van der Waals surface area contributed by atoms with E-state index >= 15 is 0 Å². The summed E-state index contributed by atoms with van der Waals surface area (Å²) in [5, 5.41) is 4.12. The Labute approximate surface area is 182 Å². The Kier molecular flexibility index (Phi) is 6.50. The highest BCUT2D eigenvalue weighted by atomic mass is 16.5. The summed E-state index contributed by atoms with van der Waals surface area (Å²) < 4.78 is 16.1. The Morgan fingerprint density at radius 2 is 1.77 bits per heavy atom. The summed E-state index contributed by atoms with van der Waals surface area (Å²) in [7, 11) is 3.20. The number of aromatic nitrogens is 2. The predicted octanol–water partition coefficient (Wildman–Crippen LogP) is 4.73. The smallest absolute Gasteiger partial charge is 0.258 e. The van der Waals surface area contributed by atoms with Gasteiger partial charge >= 0.3 is 0 Å². The number of hydrogen-bond donors (Lipinski definition) is 0. The van der Waals surface area contributed by atoms with Gasteiger partial charge in [0.1, 0.15) is 18.0 Å². The minimum Gasteiger partial charge on any atom is -0.497 e. The van der Waals surface area contributed by atoms with Crippen LogP contribution in [0.1, 0.15) is 48.4 Å². The van der Waals surface area contributed by atoms with E-state index in [4.69, 9.17) is 14.0 Å². The highest BCUT2D eigenvalue weighted by molar-refractivity contribution is 5.97. The number of carbonyl (C=O) groups excluding carboxylic acids is 1. The summed E-state index contributed by atoms with van der Waals surface area (Å²) in [4.78, 5) is 19.9. The molecule has 0 atom stereocenters. The standard InChI is InChI=1S/C24H27N3O4/c1-29-19-14-12-17(13-15-19)23-25-22(31-26-23)16-27(18-8-4-3-5-9-18)24(28)20-10-6-7-11-21(20)30-2/h6-7,10-15,18H,3-5,8-9,16H2,1-2H3. The van der Waals surface area contributed by atoms with E-state index in [1.165, 1.54) is 6.42 Å². The van der Waals surface area contributed by atoms with Crippen molar-refractivity contribution < 1.29 is 18.8 Å². The molecule has 0 bridgehead atoms. The lowest BCUT2D eigenvalue weighted by Crippen LogP contribution is -2.41. The molecule has 1 aromatic heterocycles. The van der Waals surface area contributed by atoms with Crippen molar-refractivity contribution in [3.05, 3.63) is 60.0 Å². The molecule has 0 spiro atoms. The third-order valence-corrected chi connectivity index (χ3v) is 5.74. The second-order valence-electron chi connectivity index (χ2n) is 7.67. The molecule has 0 aliphatic heterocycles. The summed E-state index contributed by atoms with van der Waals surface area (Å²) in [5.41, 5.74) is 1.38. The first-order valence-corrected chi connectivity index (χ1v) is 10.6. The van der Waals surface area contributed by atoms with Crippen molar-refractivity contribution in [3.8, 4) is 22.9 Å². The van der Waals surface area contributed by atoms with Gasteiger partial charge in [-0.2, -0.15) is 4.98 Å². The van der Waals surface area contributed by atoms with E-state index in [1.807, 2.05) is 41.3 Å². The zero-order valence-corrected chi connectivity index (χ0v) is 17.9. The molecule has 7 nitrogen and oxygen atoms in total. The number of para-hydroxylation sites is 1. The molecule has 0 saturated heterocycles. The van der Waals surface area contributed by atoms with Crippen LogP contribution in [-0.2, 0) is 6.54 Å².